The molecule has 0 aliphatic carbocycles. The Labute approximate surface area is 150 Å². The van der Waals surface area contributed by atoms with Crippen LogP contribution in [0.4, 0.5) is 0 Å². The zero-order valence-electron chi connectivity index (χ0n) is 13.6. The van der Waals surface area contributed by atoms with E-state index in [1.165, 1.54) is 24.5 Å². The van der Waals surface area contributed by atoms with E-state index in [4.69, 9.17) is 10.2 Å². The van der Waals surface area contributed by atoms with Crippen molar-refractivity contribution >= 4 is 6.47 Å². The van der Waals surface area contributed by atoms with Crippen molar-refractivity contribution in [2.24, 2.45) is 0 Å². The quantitative estimate of drug-likeness (QED) is 0.620. The Kier molecular flexibility index (Phi) is 9.08. The predicted octanol–water partition coefficient (Wildman–Crippen LogP) is 0.652. The molecule has 10 heteroatoms. The largest absolute Gasteiger partial charge is 0.502 e. The SMILES string of the molecule is O=COc1ccc(=O)oc1.O=c1cc(CO)occ1O.O=c1cccco1. The third-order valence-electron chi connectivity index (χ3n) is 2.49. The molecule has 0 amide bonds. The summed E-state index contributed by atoms with van der Waals surface area (Å²) in [5.41, 5.74) is -1.32. The standard InChI is InChI=1S/C6H6O4.C6H4O4.C5H4O2/c7-2-4-1-5(8)6(9)3-10-4;7-4-10-5-1-2-6(8)9-3-5;6-5-3-1-2-4-7-5/h1,3,7,9H,2H2;1-4H;1-4H. The molecule has 2 N–H and O–H groups in total. The fourth-order valence-corrected chi connectivity index (χ4v) is 1.32. The van der Waals surface area contributed by atoms with Gasteiger partial charge >= 0.3 is 11.3 Å². The summed E-state index contributed by atoms with van der Waals surface area (Å²) in [7, 11) is 0. The Morgan fingerprint density at radius 1 is 0.963 bits per heavy atom. The van der Waals surface area contributed by atoms with Crippen molar-refractivity contribution in [3.63, 3.8) is 0 Å². The molecule has 3 aromatic heterocycles. The molecule has 3 heterocycles. The Morgan fingerprint density at radius 2 is 1.70 bits per heavy atom. The third kappa shape index (κ3) is 8.65. The molecule has 0 unspecified atom stereocenters. The highest BCUT2D eigenvalue weighted by Crippen LogP contribution is 2.03. The summed E-state index contributed by atoms with van der Waals surface area (Å²) in [5.74, 6) is -0.0883. The Hall–Kier alpha value is -3.92. The van der Waals surface area contributed by atoms with Crippen LogP contribution in [0, 0.1) is 0 Å². The zero-order valence-corrected chi connectivity index (χ0v) is 13.6. The highest BCUT2D eigenvalue weighted by molar-refractivity contribution is 5.43. The maximum atomic E-state index is 10.6. The molecule has 0 saturated heterocycles. The molecule has 0 fully saturated rings. The summed E-state index contributed by atoms with van der Waals surface area (Å²) < 4.78 is 17.7. The van der Waals surface area contributed by atoms with Gasteiger partial charge in [-0.15, -0.1) is 0 Å². The number of rotatable bonds is 3. The minimum Gasteiger partial charge on any atom is -0.502 e. The average Bonchev–Trinajstić information content (AvgIpc) is 2.68. The van der Waals surface area contributed by atoms with Crippen molar-refractivity contribution in [3.05, 3.63) is 92.0 Å². The van der Waals surface area contributed by atoms with Gasteiger partial charge in [0.25, 0.3) is 6.47 Å². The van der Waals surface area contributed by atoms with E-state index in [-0.39, 0.29) is 30.2 Å². The number of ether oxygens (including phenoxy) is 1. The van der Waals surface area contributed by atoms with Gasteiger partial charge in [0.05, 0.1) is 6.26 Å². The lowest BCUT2D eigenvalue weighted by molar-refractivity contribution is -0.120. The Morgan fingerprint density at radius 3 is 2.15 bits per heavy atom. The summed E-state index contributed by atoms with van der Waals surface area (Å²) in [6, 6.07) is 8.20. The van der Waals surface area contributed by atoms with Crippen LogP contribution in [0.2, 0.25) is 0 Å². The number of carbonyl (C=O) groups is 1. The highest BCUT2D eigenvalue weighted by Gasteiger charge is 1.98. The lowest BCUT2D eigenvalue weighted by atomic mass is 10.4. The summed E-state index contributed by atoms with van der Waals surface area (Å²) >= 11 is 0. The molecule has 0 aromatic carbocycles. The molecule has 0 aliphatic heterocycles. The molecule has 0 aliphatic rings. The van der Waals surface area contributed by atoms with E-state index in [1.54, 1.807) is 12.1 Å². The first-order valence-corrected chi connectivity index (χ1v) is 7.10. The second-order valence-electron chi connectivity index (χ2n) is 4.38. The van der Waals surface area contributed by atoms with Gasteiger partial charge in [-0.25, -0.2) is 9.59 Å². The second-order valence-corrected chi connectivity index (χ2v) is 4.38. The molecule has 0 radical (unpaired) electrons. The van der Waals surface area contributed by atoms with Crippen molar-refractivity contribution < 1.29 is 33.0 Å². The molecule has 142 valence electrons. The van der Waals surface area contributed by atoms with Crippen LogP contribution >= 0.6 is 0 Å². The van der Waals surface area contributed by atoms with Crippen LogP contribution < -0.4 is 21.4 Å². The monoisotopic (exact) mass is 378 g/mol. The van der Waals surface area contributed by atoms with Gasteiger partial charge in [-0.05, 0) is 12.1 Å². The third-order valence-corrected chi connectivity index (χ3v) is 2.49. The van der Waals surface area contributed by atoms with E-state index in [1.807, 2.05) is 0 Å². The molecular formula is C17H14O10. The molecular weight excluding hydrogens is 364 g/mol. The lowest BCUT2D eigenvalue weighted by Crippen LogP contribution is -1.99. The average molecular weight is 378 g/mol. The van der Waals surface area contributed by atoms with Crippen molar-refractivity contribution in [1.82, 2.24) is 0 Å². The second kappa shape index (κ2) is 11.6. The fraction of sp³-hybridized carbons (Fsp3) is 0.0588. The van der Waals surface area contributed by atoms with E-state index < -0.39 is 16.8 Å². The molecule has 3 aromatic rings. The van der Waals surface area contributed by atoms with E-state index in [2.05, 4.69) is 18.0 Å². The zero-order chi connectivity index (χ0) is 20.1. The first-order valence-electron chi connectivity index (χ1n) is 7.10. The first-order chi connectivity index (χ1) is 13.0. The van der Waals surface area contributed by atoms with Gasteiger partial charge in [0.1, 0.15) is 24.9 Å². The molecule has 0 atom stereocenters. The van der Waals surface area contributed by atoms with Crippen LogP contribution in [0.1, 0.15) is 5.76 Å². The van der Waals surface area contributed by atoms with Crippen LogP contribution in [0.15, 0.2) is 82.8 Å². The molecule has 3 rings (SSSR count). The van der Waals surface area contributed by atoms with Crippen LogP contribution in [0.3, 0.4) is 0 Å². The summed E-state index contributed by atoms with van der Waals surface area (Å²) in [5, 5.41) is 17.1. The van der Waals surface area contributed by atoms with E-state index >= 15 is 0 Å². The highest BCUT2D eigenvalue weighted by atomic mass is 16.5. The number of hydrogen-bond donors (Lipinski definition) is 2. The lowest BCUT2D eigenvalue weighted by Gasteiger charge is -1.92. The normalized spacial score (nSPS) is 9.07. The first kappa shape index (κ1) is 21.1. The maximum absolute atomic E-state index is 10.6. The topological polar surface area (TPSA) is 157 Å². The van der Waals surface area contributed by atoms with Crippen molar-refractivity contribution in [1.29, 1.82) is 0 Å². The number of hydrogen-bond acceptors (Lipinski definition) is 10. The van der Waals surface area contributed by atoms with Crippen molar-refractivity contribution in [2.75, 3.05) is 0 Å². The number of carbonyl (C=O) groups excluding carboxylic acids is 1. The predicted molar refractivity (Wildman–Crippen MR) is 89.2 cm³/mol. The van der Waals surface area contributed by atoms with Gasteiger partial charge in [-0.3, -0.25) is 9.59 Å². The van der Waals surface area contributed by atoms with Crippen LogP contribution in [0.5, 0.6) is 11.5 Å². The van der Waals surface area contributed by atoms with Crippen LogP contribution in [-0.4, -0.2) is 16.7 Å². The summed E-state index contributed by atoms with van der Waals surface area (Å²) in [6.45, 7) is -0.0785. The smallest absolute Gasteiger partial charge is 0.335 e. The van der Waals surface area contributed by atoms with Gasteiger partial charge in [0, 0.05) is 18.2 Å². The minimum atomic E-state index is -0.546. The van der Waals surface area contributed by atoms with Crippen molar-refractivity contribution in [3.8, 4) is 11.5 Å². The maximum Gasteiger partial charge on any atom is 0.335 e. The Bertz CT molecular complexity index is 961. The Balaban J connectivity index is 0.000000206. The van der Waals surface area contributed by atoms with Gasteiger partial charge in [-0.2, -0.15) is 0 Å². The minimum absolute atomic E-state index is 0.141. The van der Waals surface area contributed by atoms with Crippen LogP contribution in [-0.2, 0) is 11.4 Å². The van der Waals surface area contributed by atoms with E-state index in [0.29, 0.717) is 0 Å². The molecule has 0 bridgehead atoms. The number of aliphatic hydroxyl groups is 1. The van der Waals surface area contributed by atoms with E-state index in [0.717, 1.165) is 18.6 Å². The molecule has 0 spiro atoms. The van der Waals surface area contributed by atoms with Gasteiger partial charge < -0.3 is 28.2 Å². The molecule has 0 saturated carbocycles. The van der Waals surface area contributed by atoms with Crippen LogP contribution in [0.25, 0.3) is 0 Å². The summed E-state index contributed by atoms with van der Waals surface area (Å²) in [4.78, 5) is 40.7. The number of aromatic hydroxyl groups is 1. The molecule has 27 heavy (non-hydrogen) atoms. The summed E-state index contributed by atoms with van der Waals surface area (Å²) in [6.07, 6.45) is 3.31. The fourth-order valence-electron chi connectivity index (χ4n) is 1.32. The van der Waals surface area contributed by atoms with Gasteiger partial charge in [-0.1, -0.05) is 6.07 Å². The van der Waals surface area contributed by atoms with Gasteiger partial charge in [0.15, 0.2) is 11.5 Å². The van der Waals surface area contributed by atoms with Gasteiger partial charge in [0.2, 0.25) is 5.43 Å². The number of aliphatic hydroxyl groups excluding tert-OH is 1. The van der Waals surface area contributed by atoms with E-state index in [9.17, 15) is 19.2 Å². The van der Waals surface area contributed by atoms with Crippen molar-refractivity contribution in [2.45, 2.75) is 6.61 Å². The molecule has 10 nitrogen and oxygen atoms in total.